The lowest BCUT2D eigenvalue weighted by Crippen LogP contribution is -2.21. The molecule has 1 rings (SSSR count). The van der Waals surface area contributed by atoms with Crippen LogP contribution in [0.15, 0.2) is 18.3 Å². The first kappa shape index (κ1) is 13.9. The summed E-state index contributed by atoms with van der Waals surface area (Å²) in [5.41, 5.74) is 6.88. The number of pyridine rings is 1. The molecule has 0 saturated carbocycles. The molecule has 0 aliphatic carbocycles. The molecule has 0 spiro atoms. The van der Waals surface area contributed by atoms with E-state index in [1.165, 1.54) is 0 Å². The van der Waals surface area contributed by atoms with E-state index in [1.54, 1.807) is 6.20 Å². The molecule has 0 fully saturated rings. The molecule has 4 nitrogen and oxygen atoms in total. The number of rotatable bonds is 8. The summed E-state index contributed by atoms with van der Waals surface area (Å²) >= 11 is 0. The van der Waals surface area contributed by atoms with Gasteiger partial charge in [0.15, 0.2) is 0 Å². The van der Waals surface area contributed by atoms with Gasteiger partial charge in [-0.05, 0) is 25.5 Å². The van der Waals surface area contributed by atoms with E-state index in [9.17, 15) is 0 Å². The van der Waals surface area contributed by atoms with E-state index in [1.807, 2.05) is 19.1 Å². The SMILES string of the molecule is CCOCCOc1ccc(CC(N)CC)nc1. The Bertz CT molecular complexity index is 301. The van der Waals surface area contributed by atoms with Crippen molar-refractivity contribution in [2.45, 2.75) is 32.7 Å². The Hall–Kier alpha value is -1.13. The van der Waals surface area contributed by atoms with Gasteiger partial charge in [0.1, 0.15) is 12.4 Å². The van der Waals surface area contributed by atoms with Crippen LogP contribution in [0.3, 0.4) is 0 Å². The Morgan fingerprint density at radius 1 is 1.29 bits per heavy atom. The third kappa shape index (κ3) is 5.65. The first-order chi connectivity index (χ1) is 8.26. The Balaban J connectivity index is 2.34. The van der Waals surface area contributed by atoms with E-state index in [4.69, 9.17) is 15.2 Å². The number of hydrogen-bond donors (Lipinski definition) is 1. The second-order valence-electron chi connectivity index (χ2n) is 3.90. The third-order valence-corrected chi connectivity index (χ3v) is 2.49. The minimum absolute atomic E-state index is 0.187. The van der Waals surface area contributed by atoms with Gasteiger partial charge < -0.3 is 15.2 Å². The van der Waals surface area contributed by atoms with E-state index in [-0.39, 0.29) is 6.04 Å². The maximum atomic E-state index is 5.87. The average Bonchev–Trinajstić information content (AvgIpc) is 2.36. The molecule has 1 unspecified atom stereocenters. The van der Waals surface area contributed by atoms with Crippen molar-refractivity contribution in [2.24, 2.45) is 5.73 Å². The van der Waals surface area contributed by atoms with E-state index in [0.717, 1.165) is 30.9 Å². The summed E-state index contributed by atoms with van der Waals surface area (Å²) < 4.78 is 10.7. The van der Waals surface area contributed by atoms with Crippen molar-refractivity contribution in [2.75, 3.05) is 19.8 Å². The molecule has 0 amide bonds. The topological polar surface area (TPSA) is 57.4 Å². The zero-order chi connectivity index (χ0) is 12.5. The molecule has 0 saturated heterocycles. The van der Waals surface area contributed by atoms with E-state index < -0.39 is 0 Å². The van der Waals surface area contributed by atoms with Crippen LogP contribution in [0, 0.1) is 0 Å². The Morgan fingerprint density at radius 3 is 2.71 bits per heavy atom. The molecule has 2 N–H and O–H groups in total. The van der Waals surface area contributed by atoms with Gasteiger partial charge in [0.25, 0.3) is 0 Å². The summed E-state index contributed by atoms with van der Waals surface area (Å²) in [6.45, 7) is 5.93. The predicted octanol–water partition coefficient (Wildman–Crippen LogP) is 1.78. The van der Waals surface area contributed by atoms with Crippen LogP contribution < -0.4 is 10.5 Å². The zero-order valence-corrected chi connectivity index (χ0v) is 10.7. The van der Waals surface area contributed by atoms with Gasteiger partial charge in [-0.2, -0.15) is 0 Å². The zero-order valence-electron chi connectivity index (χ0n) is 10.7. The maximum absolute atomic E-state index is 5.87. The molecule has 1 atom stereocenters. The van der Waals surface area contributed by atoms with Crippen molar-refractivity contribution in [3.63, 3.8) is 0 Å². The molecule has 0 aromatic carbocycles. The molecule has 0 bridgehead atoms. The summed E-state index contributed by atoms with van der Waals surface area (Å²) in [6.07, 6.45) is 3.52. The molecule has 1 aromatic rings. The van der Waals surface area contributed by atoms with Gasteiger partial charge in [-0.25, -0.2) is 0 Å². The lowest BCUT2D eigenvalue weighted by Gasteiger charge is -2.09. The monoisotopic (exact) mass is 238 g/mol. The Morgan fingerprint density at radius 2 is 2.12 bits per heavy atom. The van der Waals surface area contributed by atoms with Crippen LogP contribution in [0.2, 0.25) is 0 Å². The maximum Gasteiger partial charge on any atom is 0.137 e. The van der Waals surface area contributed by atoms with Gasteiger partial charge in [-0.15, -0.1) is 0 Å². The molecule has 0 aliphatic heterocycles. The molecule has 96 valence electrons. The minimum atomic E-state index is 0.187. The second kappa shape index (κ2) is 8.03. The van der Waals surface area contributed by atoms with Crippen LogP contribution >= 0.6 is 0 Å². The van der Waals surface area contributed by atoms with E-state index in [0.29, 0.717) is 13.2 Å². The quantitative estimate of drug-likeness (QED) is 0.701. The highest BCUT2D eigenvalue weighted by molar-refractivity contribution is 5.20. The second-order valence-corrected chi connectivity index (χ2v) is 3.90. The highest BCUT2D eigenvalue weighted by Gasteiger charge is 2.02. The van der Waals surface area contributed by atoms with E-state index >= 15 is 0 Å². The number of nitrogens with zero attached hydrogens (tertiary/aromatic N) is 1. The Kier molecular flexibility index (Phi) is 6.58. The number of hydrogen-bond acceptors (Lipinski definition) is 4. The molecule has 1 heterocycles. The largest absolute Gasteiger partial charge is 0.490 e. The molecule has 17 heavy (non-hydrogen) atoms. The molecular weight excluding hydrogens is 216 g/mol. The fourth-order valence-corrected chi connectivity index (χ4v) is 1.39. The molecular formula is C13H22N2O2. The van der Waals surface area contributed by atoms with Crippen molar-refractivity contribution in [3.05, 3.63) is 24.0 Å². The normalized spacial score (nSPS) is 12.4. The summed E-state index contributed by atoms with van der Waals surface area (Å²) in [7, 11) is 0. The first-order valence-electron chi connectivity index (χ1n) is 6.17. The standard InChI is InChI=1S/C13H22N2O2/c1-3-11(14)9-12-5-6-13(10-15-12)17-8-7-16-4-2/h5-6,10-11H,3-4,7-9,14H2,1-2H3. The van der Waals surface area contributed by atoms with Crippen LogP contribution in [0.4, 0.5) is 0 Å². The average molecular weight is 238 g/mol. The highest BCUT2D eigenvalue weighted by atomic mass is 16.5. The number of aromatic nitrogens is 1. The van der Waals surface area contributed by atoms with Crippen LogP contribution in [0.1, 0.15) is 26.0 Å². The lowest BCUT2D eigenvalue weighted by molar-refractivity contribution is 0.110. The van der Waals surface area contributed by atoms with Crippen molar-refractivity contribution in [1.82, 2.24) is 4.98 Å². The van der Waals surface area contributed by atoms with Crippen molar-refractivity contribution >= 4 is 0 Å². The fraction of sp³-hybridized carbons (Fsp3) is 0.615. The Labute approximate surface area is 103 Å². The van der Waals surface area contributed by atoms with Crippen LogP contribution in [0.5, 0.6) is 5.75 Å². The minimum Gasteiger partial charge on any atom is -0.490 e. The smallest absolute Gasteiger partial charge is 0.137 e. The van der Waals surface area contributed by atoms with Crippen molar-refractivity contribution in [3.8, 4) is 5.75 Å². The lowest BCUT2D eigenvalue weighted by atomic mass is 10.1. The van der Waals surface area contributed by atoms with Gasteiger partial charge in [0.2, 0.25) is 0 Å². The fourth-order valence-electron chi connectivity index (χ4n) is 1.39. The van der Waals surface area contributed by atoms with Gasteiger partial charge in [0.05, 0.1) is 12.8 Å². The van der Waals surface area contributed by atoms with Crippen molar-refractivity contribution < 1.29 is 9.47 Å². The number of ether oxygens (including phenoxy) is 2. The third-order valence-electron chi connectivity index (χ3n) is 2.49. The summed E-state index contributed by atoms with van der Waals surface area (Å²) in [6, 6.07) is 4.08. The molecule has 4 heteroatoms. The highest BCUT2D eigenvalue weighted by Crippen LogP contribution is 2.10. The summed E-state index contributed by atoms with van der Waals surface area (Å²) in [5, 5.41) is 0. The first-order valence-corrected chi connectivity index (χ1v) is 6.17. The summed E-state index contributed by atoms with van der Waals surface area (Å²) in [5.74, 6) is 0.776. The van der Waals surface area contributed by atoms with Crippen LogP contribution in [-0.2, 0) is 11.2 Å². The van der Waals surface area contributed by atoms with Crippen LogP contribution in [0.25, 0.3) is 0 Å². The van der Waals surface area contributed by atoms with Gasteiger partial charge >= 0.3 is 0 Å². The van der Waals surface area contributed by atoms with Crippen molar-refractivity contribution in [1.29, 1.82) is 0 Å². The van der Waals surface area contributed by atoms with E-state index in [2.05, 4.69) is 11.9 Å². The molecule has 0 radical (unpaired) electrons. The van der Waals surface area contributed by atoms with Gasteiger partial charge in [0, 0.05) is 24.8 Å². The summed E-state index contributed by atoms with van der Waals surface area (Å²) in [4.78, 5) is 4.32. The van der Waals surface area contributed by atoms with Gasteiger partial charge in [-0.3, -0.25) is 4.98 Å². The number of nitrogens with two attached hydrogens (primary N) is 1. The molecule has 1 aromatic heterocycles. The predicted molar refractivity (Wildman–Crippen MR) is 68.2 cm³/mol. The van der Waals surface area contributed by atoms with Gasteiger partial charge in [-0.1, -0.05) is 6.92 Å². The van der Waals surface area contributed by atoms with Crippen LogP contribution in [-0.4, -0.2) is 30.8 Å². The molecule has 0 aliphatic rings.